The highest BCUT2D eigenvalue weighted by Gasteiger charge is 2.20. The van der Waals surface area contributed by atoms with Crippen LogP contribution in [-0.4, -0.2) is 44.2 Å². The lowest BCUT2D eigenvalue weighted by Gasteiger charge is -2.18. The number of ether oxygens (including phenoxy) is 2. The summed E-state index contributed by atoms with van der Waals surface area (Å²) in [6.07, 6.45) is 1.26. The van der Waals surface area contributed by atoms with E-state index < -0.39 is 0 Å². The van der Waals surface area contributed by atoms with Crippen LogP contribution in [0.5, 0.6) is 11.5 Å². The molecule has 0 aliphatic carbocycles. The third-order valence-electron chi connectivity index (χ3n) is 3.25. The molecular weight excluding hydrogens is 357 g/mol. The normalized spacial score (nSPS) is 11.9. The van der Waals surface area contributed by atoms with Gasteiger partial charge in [-0.1, -0.05) is 0 Å². The highest BCUT2D eigenvalue weighted by Crippen LogP contribution is 2.35. The van der Waals surface area contributed by atoms with Crippen LogP contribution in [0.2, 0.25) is 0 Å². The number of aromatic nitrogens is 1. The summed E-state index contributed by atoms with van der Waals surface area (Å²) in [6, 6.07) is 5.41. The first kappa shape index (κ1) is 20.1. The first-order valence-electron chi connectivity index (χ1n) is 7.06. The average molecular weight is 376 g/mol. The van der Waals surface area contributed by atoms with E-state index in [4.69, 9.17) is 13.9 Å². The van der Waals surface area contributed by atoms with E-state index in [9.17, 15) is 4.79 Å². The average Bonchev–Trinajstić information content (AvgIpc) is 3.04. The van der Waals surface area contributed by atoms with E-state index in [1.54, 1.807) is 12.1 Å². The summed E-state index contributed by atoms with van der Waals surface area (Å²) in [5.41, 5.74) is 0.980. The highest BCUT2D eigenvalue weighted by molar-refractivity contribution is 5.97. The number of rotatable bonds is 5. The van der Waals surface area contributed by atoms with Crippen molar-refractivity contribution in [3.8, 4) is 22.8 Å². The van der Waals surface area contributed by atoms with Gasteiger partial charge in [0.1, 0.15) is 13.2 Å². The fourth-order valence-corrected chi connectivity index (χ4v) is 2.18. The lowest BCUT2D eigenvalue weighted by atomic mass is 10.1. The summed E-state index contributed by atoms with van der Waals surface area (Å²) in [7, 11) is 1.82. The molecule has 1 aliphatic heterocycles. The Labute approximate surface area is 151 Å². The van der Waals surface area contributed by atoms with Gasteiger partial charge in [0.15, 0.2) is 29.3 Å². The molecule has 0 bridgehead atoms. The molecule has 3 rings (SSSR count). The number of oxazole rings is 1. The van der Waals surface area contributed by atoms with Gasteiger partial charge in [-0.25, -0.2) is 4.98 Å². The van der Waals surface area contributed by atoms with Gasteiger partial charge < -0.3 is 24.5 Å². The summed E-state index contributed by atoms with van der Waals surface area (Å²) in [4.78, 5) is 16.2. The van der Waals surface area contributed by atoms with Crippen molar-refractivity contribution in [2.45, 2.75) is 0 Å². The van der Waals surface area contributed by atoms with Crippen molar-refractivity contribution in [2.24, 2.45) is 0 Å². The van der Waals surface area contributed by atoms with Gasteiger partial charge in [0.2, 0.25) is 0 Å². The van der Waals surface area contributed by atoms with Crippen LogP contribution in [0.3, 0.4) is 0 Å². The number of likely N-dealkylation sites (N-methyl/N-ethyl adjacent to an activating group) is 1. The number of carbonyl (C=O) groups excluding carboxylic acids is 1. The van der Waals surface area contributed by atoms with Gasteiger partial charge in [-0.2, -0.15) is 0 Å². The SMILES string of the molecule is CNCCNC(=O)c1ncoc1-c1ccc2c(c1)OCCO2.Cl.Cl. The van der Waals surface area contributed by atoms with Crippen molar-refractivity contribution >= 4 is 30.7 Å². The van der Waals surface area contributed by atoms with Gasteiger partial charge in [0.05, 0.1) is 0 Å². The van der Waals surface area contributed by atoms with Crippen molar-refractivity contribution in [2.75, 3.05) is 33.4 Å². The van der Waals surface area contributed by atoms with Crippen LogP contribution in [0.1, 0.15) is 10.5 Å². The Morgan fingerprint density at radius 3 is 2.67 bits per heavy atom. The molecule has 0 saturated carbocycles. The molecular formula is C15H19Cl2N3O4. The number of halogens is 2. The maximum Gasteiger partial charge on any atom is 0.273 e. The van der Waals surface area contributed by atoms with E-state index in [1.807, 2.05) is 13.1 Å². The van der Waals surface area contributed by atoms with Gasteiger partial charge in [-0.05, 0) is 25.2 Å². The Kier molecular flexibility index (Phi) is 7.84. The van der Waals surface area contributed by atoms with Gasteiger partial charge in [-0.3, -0.25) is 4.79 Å². The molecule has 24 heavy (non-hydrogen) atoms. The largest absolute Gasteiger partial charge is 0.486 e. The third-order valence-corrected chi connectivity index (χ3v) is 3.25. The number of nitrogens with zero attached hydrogens (tertiary/aromatic N) is 1. The summed E-state index contributed by atoms with van der Waals surface area (Å²) >= 11 is 0. The van der Waals surface area contributed by atoms with Crippen molar-refractivity contribution < 1.29 is 18.7 Å². The number of carbonyl (C=O) groups is 1. The van der Waals surface area contributed by atoms with Crippen molar-refractivity contribution in [1.29, 1.82) is 0 Å². The summed E-state index contributed by atoms with van der Waals surface area (Å²) < 4.78 is 16.4. The lowest BCUT2D eigenvalue weighted by molar-refractivity contribution is 0.0950. The number of fused-ring (bicyclic) bond motifs is 1. The van der Waals surface area contributed by atoms with E-state index in [0.717, 1.165) is 5.56 Å². The zero-order valence-corrected chi connectivity index (χ0v) is 14.7. The maximum atomic E-state index is 12.1. The van der Waals surface area contributed by atoms with Crippen LogP contribution in [-0.2, 0) is 0 Å². The molecule has 0 unspecified atom stereocenters. The highest BCUT2D eigenvalue weighted by atomic mass is 35.5. The van der Waals surface area contributed by atoms with E-state index in [1.165, 1.54) is 6.39 Å². The molecule has 1 aromatic heterocycles. The number of nitrogens with one attached hydrogen (secondary N) is 2. The Morgan fingerprint density at radius 1 is 1.17 bits per heavy atom. The van der Waals surface area contributed by atoms with Crippen molar-refractivity contribution in [1.82, 2.24) is 15.6 Å². The van der Waals surface area contributed by atoms with Gasteiger partial charge in [0.25, 0.3) is 5.91 Å². The Hall–Kier alpha value is -1.96. The van der Waals surface area contributed by atoms with E-state index >= 15 is 0 Å². The molecule has 1 amide bonds. The molecule has 1 aliphatic rings. The third kappa shape index (κ3) is 4.31. The van der Waals surface area contributed by atoms with Crippen LogP contribution >= 0.6 is 24.8 Å². The fourth-order valence-electron chi connectivity index (χ4n) is 2.18. The topological polar surface area (TPSA) is 85.6 Å². The fraction of sp³-hybridized carbons (Fsp3) is 0.333. The minimum absolute atomic E-state index is 0. The minimum atomic E-state index is -0.270. The van der Waals surface area contributed by atoms with Crippen LogP contribution in [0.25, 0.3) is 11.3 Å². The van der Waals surface area contributed by atoms with Crippen molar-refractivity contribution in [3.63, 3.8) is 0 Å². The van der Waals surface area contributed by atoms with E-state index in [2.05, 4.69) is 15.6 Å². The second-order valence-corrected chi connectivity index (χ2v) is 4.75. The van der Waals surface area contributed by atoms with Gasteiger partial charge in [-0.15, -0.1) is 24.8 Å². The molecule has 0 saturated heterocycles. The quantitative estimate of drug-likeness (QED) is 0.776. The Balaban J connectivity index is 0.00000144. The van der Waals surface area contributed by atoms with Crippen LogP contribution in [0.4, 0.5) is 0 Å². The standard InChI is InChI=1S/C15H17N3O4.2ClH/c1-16-4-5-17-15(19)13-14(22-9-18-13)10-2-3-11-12(8-10)21-7-6-20-11;;/h2-3,8-9,16H,4-7H2,1H3,(H,17,19);2*1H. The molecule has 0 atom stereocenters. The molecule has 0 radical (unpaired) electrons. The molecule has 9 heteroatoms. The molecule has 0 spiro atoms. The Morgan fingerprint density at radius 2 is 1.92 bits per heavy atom. The molecule has 2 aromatic rings. The minimum Gasteiger partial charge on any atom is -0.486 e. The first-order valence-corrected chi connectivity index (χ1v) is 7.06. The molecule has 2 N–H and O–H groups in total. The predicted molar refractivity (Wildman–Crippen MR) is 93.7 cm³/mol. The number of hydrogen-bond donors (Lipinski definition) is 2. The Bertz CT molecular complexity index is 678. The van der Waals surface area contributed by atoms with Crippen LogP contribution in [0, 0.1) is 0 Å². The first-order chi connectivity index (χ1) is 10.8. The van der Waals surface area contributed by atoms with Crippen molar-refractivity contribution in [3.05, 3.63) is 30.3 Å². The number of hydrogen-bond acceptors (Lipinski definition) is 6. The van der Waals surface area contributed by atoms with Gasteiger partial charge in [0, 0.05) is 18.7 Å². The molecule has 1 aromatic carbocycles. The zero-order chi connectivity index (χ0) is 15.4. The number of amides is 1. The van der Waals surface area contributed by atoms with E-state index in [-0.39, 0.29) is 36.4 Å². The second kappa shape index (κ2) is 9.36. The molecule has 7 nitrogen and oxygen atoms in total. The predicted octanol–water partition coefficient (Wildman–Crippen LogP) is 1.91. The van der Waals surface area contributed by atoms with Crippen LogP contribution < -0.4 is 20.1 Å². The molecule has 2 heterocycles. The summed E-state index contributed by atoms with van der Waals surface area (Å²) in [5.74, 6) is 1.48. The second-order valence-electron chi connectivity index (χ2n) is 4.75. The van der Waals surface area contributed by atoms with Gasteiger partial charge >= 0.3 is 0 Å². The summed E-state index contributed by atoms with van der Waals surface area (Å²) in [6.45, 7) is 2.24. The van der Waals surface area contributed by atoms with E-state index in [0.29, 0.717) is 43.6 Å². The number of benzene rings is 1. The monoisotopic (exact) mass is 375 g/mol. The molecule has 132 valence electrons. The van der Waals surface area contributed by atoms with Crippen LogP contribution in [0.15, 0.2) is 29.0 Å². The molecule has 0 fully saturated rings. The smallest absolute Gasteiger partial charge is 0.273 e. The lowest BCUT2D eigenvalue weighted by Crippen LogP contribution is -2.30. The zero-order valence-electron chi connectivity index (χ0n) is 13.0. The maximum absolute atomic E-state index is 12.1. The summed E-state index contributed by atoms with van der Waals surface area (Å²) in [5, 5.41) is 5.74.